The highest BCUT2D eigenvalue weighted by molar-refractivity contribution is 7.88. The first-order valence-electron chi connectivity index (χ1n) is 9.56. The standard InChI is InChI=1S/C21H24N4O3S/c22-14-17-7-6-8-18(13-17)16-29(27,28)25-12-5-4-11-20(25)15-23-21(26)24-19-9-2-1-3-10-19/h1-3,6-10,13,20H,4-5,11-12,15-16H2,(H2,23,24,26). The van der Waals surface area contributed by atoms with Crippen molar-refractivity contribution in [2.24, 2.45) is 0 Å². The van der Waals surface area contributed by atoms with Crippen molar-refractivity contribution in [3.63, 3.8) is 0 Å². The van der Waals surface area contributed by atoms with E-state index in [1.54, 1.807) is 36.4 Å². The van der Waals surface area contributed by atoms with Crippen LogP contribution in [0.5, 0.6) is 0 Å². The topological polar surface area (TPSA) is 102 Å². The number of hydrogen-bond donors (Lipinski definition) is 2. The molecule has 1 heterocycles. The van der Waals surface area contributed by atoms with E-state index >= 15 is 0 Å². The molecule has 1 saturated heterocycles. The van der Waals surface area contributed by atoms with Crippen molar-refractivity contribution < 1.29 is 13.2 Å². The number of amides is 2. The average molecular weight is 413 g/mol. The van der Waals surface area contributed by atoms with Gasteiger partial charge in [0, 0.05) is 24.8 Å². The van der Waals surface area contributed by atoms with Gasteiger partial charge in [-0.15, -0.1) is 0 Å². The van der Waals surface area contributed by atoms with Gasteiger partial charge in [-0.25, -0.2) is 13.2 Å². The maximum atomic E-state index is 13.0. The molecule has 0 spiro atoms. The molecule has 0 radical (unpaired) electrons. The molecule has 2 aromatic carbocycles. The van der Waals surface area contributed by atoms with Crippen LogP contribution in [0.3, 0.4) is 0 Å². The zero-order valence-electron chi connectivity index (χ0n) is 16.0. The fourth-order valence-corrected chi connectivity index (χ4v) is 5.28. The number of hydrogen-bond acceptors (Lipinski definition) is 4. The van der Waals surface area contributed by atoms with E-state index in [1.165, 1.54) is 4.31 Å². The molecule has 2 amide bonds. The Balaban J connectivity index is 1.63. The van der Waals surface area contributed by atoms with Crippen LogP contribution in [0.25, 0.3) is 0 Å². The Bertz CT molecular complexity index is 986. The lowest BCUT2D eigenvalue weighted by atomic mass is 10.1. The number of piperidine rings is 1. The first kappa shape index (κ1) is 20.8. The molecule has 1 fully saturated rings. The fraction of sp³-hybridized carbons (Fsp3) is 0.333. The number of benzene rings is 2. The van der Waals surface area contributed by atoms with Crippen molar-refractivity contribution in [3.8, 4) is 6.07 Å². The van der Waals surface area contributed by atoms with Crippen LogP contribution in [0, 0.1) is 11.3 Å². The lowest BCUT2D eigenvalue weighted by Gasteiger charge is -2.34. The van der Waals surface area contributed by atoms with Gasteiger partial charge in [-0.1, -0.05) is 36.8 Å². The minimum Gasteiger partial charge on any atom is -0.336 e. The molecule has 3 rings (SSSR count). The van der Waals surface area contributed by atoms with Crippen LogP contribution in [0.4, 0.5) is 10.5 Å². The minimum absolute atomic E-state index is 0.158. The van der Waals surface area contributed by atoms with E-state index in [0.29, 0.717) is 29.8 Å². The fourth-order valence-electron chi connectivity index (χ4n) is 3.48. The van der Waals surface area contributed by atoms with E-state index in [2.05, 4.69) is 10.6 Å². The number of sulfonamides is 1. The van der Waals surface area contributed by atoms with Crippen molar-refractivity contribution in [1.82, 2.24) is 9.62 Å². The quantitative estimate of drug-likeness (QED) is 0.761. The Kier molecular flexibility index (Phi) is 6.86. The number of carbonyl (C=O) groups is 1. The number of urea groups is 1. The Morgan fingerprint density at radius 3 is 2.69 bits per heavy atom. The summed E-state index contributed by atoms with van der Waals surface area (Å²) in [5.74, 6) is -0.158. The number of carbonyl (C=O) groups excluding carboxylic acids is 1. The minimum atomic E-state index is -3.57. The van der Waals surface area contributed by atoms with Gasteiger partial charge in [0.05, 0.1) is 17.4 Å². The predicted molar refractivity (Wildman–Crippen MR) is 112 cm³/mol. The zero-order chi connectivity index (χ0) is 20.7. The molecule has 0 aromatic heterocycles. The summed E-state index contributed by atoms with van der Waals surface area (Å²) in [5.41, 5.74) is 1.70. The molecule has 2 N–H and O–H groups in total. The zero-order valence-corrected chi connectivity index (χ0v) is 16.9. The van der Waals surface area contributed by atoms with E-state index in [1.807, 2.05) is 24.3 Å². The molecule has 2 aromatic rings. The van der Waals surface area contributed by atoms with Crippen molar-refractivity contribution >= 4 is 21.7 Å². The molecule has 0 aliphatic carbocycles. The molecule has 1 unspecified atom stereocenters. The van der Waals surface area contributed by atoms with Gasteiger partial charge in [-0.3, -0.25) is 0 Å². The van der Waals surface area contributed by atoms with Crippen molar-refractivity contribution in [3.05, 3.63) is 65.7 Å². The molecule has 0 saturated carbocycles. The first-order chi connectivity index (χ1) is 14.0. The van der Waals surface area contributed by atoms with Crippen LogP contribution in [0.1, 0.15) is 30.4 Å². The van der Waals surface area contributed by atoms with Crippen LogP contribution >= 0.6 is 0 Å². The van der Waals surface area contributed by atoms with Crippen LogP contribution in [0.2, 0.25) is 0 Å². The first-order valence-corrected chi connectivity index (χ1v) is 11.2. The number of nitrogens with one attached hydrogen (secondary N) is 2. The van der Waals surface area contributed by atoms with Crippen LogP contribution in [-0.4, -0.2) is 37.9 Å². The number of nitrogens with zero attached hydrogens (tertiary/aromatic N) is 2. The van der Waals surface area contributed by atoms with E-state index in [0.717, 1.165) is 12.8 Å². The molecule has 0 bridgehead atoms. The largest absolute Gasteiger partial charge is 0.336 e. The SMILES string of the molecule is N#Cc1cccc(CS(=O)(=O)N2CCCCC2CNC(=O)Nc2ccccc2)c1. The third-order valence-electron chi connectivity index (χ3n) is 4.87. The maximum absolute atomic E-state index is 13.0. The van der Waals surface area contributed by atoms with Gasteiger partial charge in [-0.05, 0) is 42.7 Å². The highest BCUT2D eigenvalue weighted by Crippen LogP contribution is 2.23. The molecule has 1 atom stereocenters. The summed E-state index contributed by atoms with van der Waals surface area (Å²) in [6.45, 7) is 0.684. The molecule has 8 heteroatoms. The molecule has 1 aliphatic heterocycles. The predicted octanol–water partition coefficient (Wildman–Crippen LogP) is 3.06. The van der Waals surface area contributed by atoms with Gasteiger partial charge in [0.25, 0.3) is 0 Å². The second kappa shape index (κ2) is 9.54. The highest BCUT2D eigenvalue weighted by Gasteiger charge is 2.32. The van der Waals surface area contributed by atoms with Gasteiger partial charge in [0.1, 0.15) is 0 Å². The van der Waals surface area contributed by atoms with Crippen LogP contribution < -0.4 is 10.6 Å². The summed E-state index contributed by atoms with van der Waals surface area (Å²) in [6.07, 6.45) is 2.41. The Labute approximate surface area is 171 Å². The van der Waals surface area contributed by atoms with Crippen molar-refractivity contribution in [2.75, 3.05) is 18.4 Å². The van der Waals surface area contributed by atoms with Crippen LogP contribution in [-0.2, 0) is 15.8 Å². The summed E-state index contributed by atoms with van der Waals surface area (Å²) >= 11 is 0. The van der Waals surface area contributed by atoms with Crippen molar-refractivity contribution in [1.29, 1.82) is 5.26 Å². The normalized spacial score (nSPS) is 17.3. The molecular weight excluding hydrogens is 388 g/mol. The number of rotatable bonds is 6. The lowest BCUT2D eigenvalue weighted by Crippen LogP contribution is -2.50. The van der Waals surface area contributed by atoms with E-state index in [4.69, 9.17) is 5.26 Å². The smallest absolute Gasteiger partial charge is 0.319 e. The van der Waals surface area contributed by atoms with Gasteiger partial charge in [-0.2, -0.15) is 9.57 Å². The molecular formula is C21H24N4O3S. The van der Waals surface area contributed by atoms with Crippen LogP contribution in [0.15, 0.2) is 54.6 Å². The third kappa shape index (κ3) is 5.79. The number of para-hydroxylation sites is 1. The third-order valence-corrected chi connectivity index (χ3v) is 6.76. The van der Waals surface area contributed by atoms with E-state index in [-0.39, 0.29) is 24.4 Å². The highest BCUT2D eigenvalue weighted by atomic mass is 32.2. The second-order valence-corrected chi connectivity index (χ2v) is 8.95. The Morgan fingerprint density at radius 1 is 1.14 bits per heavy atom. The molecule has 29 heavy (non-hydrogen) atoms. The van der Waals surface area contributed by atoms with Gasteiger partial charge >= 0.3 is 6.03 Å². The van der Waals surface area contributed by atoms with Gasteiger partial charge in [0.2, 0.25) is 10.0 Å². The lowest BCUT2D eigenvalue weighted by molar-refractivity contribution is 0.231. The van der Waals surface area contributed by atoms with E-state index < -0.39 is 10.0 Å². The summed E-state index contributed by atoms with van der Waals surface area (Å²) in [7, 11) is -3.57. The Hall–Kier alpha value is -2.89. The monoisotopic (exact) mass is 412 g/mol. The maximum Gasteiger partial charge on any atom is 0.319 e. The summed E-state index contributed by atoms with van der Waals surface area (Å²) in [4.78, 5) is 12.2. The van der Waals surface area contributed by atoms with Gasteiger partial charge < -0.3 is 10.6 Å². The summed E-state index contributed by atoms with van der Waals surface area (Å²) in [6, 6.07) is 17.1. The Morgan fingerprint density at radius 2 is 1.93 bits per heavy atom. The number of nitriles is 1. The molecule has 152 valence electrons. The van der Waals surface area contributed by atoms with Crippen molar-refractivity contribution in [2.45, 2.75) is 31.1 Å². The molecule has 1 aliphatic rings. The number of anilines is 1. The summed E-state index contributed by atoms with van der Waals surface area (Å²) in [5, 5.41) is 14.5. The second-order valence-electron chi connectivity index (χ2n) is 7.03. The van der Waals surface area contributed by atoms with Gasteiger partial charge in [0.15, 0.2) is 0 Å². The molecule has 7 nitrogen and oxygen atoms in total. The average Bonchev–Trinajstić information content (AvgIpc) is 2.73. The van der Waals surface area contributed by atoms with E-state index in [9.17, 15) is 13.2 Å². The summed E-state index contributed by atoms with van der Waals surface area (Å²) < 4.78 is 27.5.